The molecule has 102 valence electrons. The quantitative estimate of drug-likeness (QED) is 0.840. The number of aromatic nitrogens is 1. The van der Waals surface area contributed by atoms with Gasteiger partial charge in [-0.25, -0.2) is 13.4 Å². The van der Waals surface area contributed by atoms with Crippen molar-refractivity contribution in [3.8, 4) is 0 Å². The second kappa shape index (κ2) is 5.67. The number of thiazole rings is 1. The molecular formula is C12H20N2O2S2. The van der Waals surface area contributed by atoms with Gasteiger partial charge in [-0.15, -0.1) is 11.3 Å². The maximum Gasteiger partial charge on any atom is 0.151 e. The Hall–Kier alpha value is -0.460. The van der Waals surface area contributed by atoms with Gasteiger partial charge in [-0.05, 0) is 26.3 Å². The first-order valence-electron chi connectivity index (χ1n) is 6.39. The topological polar surface area (TPSA) is 59.1 Å². The van der Waals surface area contributed by atoms with E-state index in [-0.39, 0.29) is 11.7 Å². The number of sulfone groups is 1. The van der Waals surface area contributed by atoms with Crippen molar-refractivity contribution >= 4 is 21.2 Å². The highest BCUT2D eigenvalue weighted by Crippen LogP contribution is 2.32. The lowest BCUT2D eigenvalue weighted by Crippen LogP contribution is -2.13. The summed E-state index contributed by atoms with van der Waals surface area (Å²) in [6.45, 7) is 6.00. The third-order valence-corrected chi connectivity index (χ3v) is 6.29. The highest BCUT2D eigenvalue weighted by atomic mass is 32.2. The summed E-state index contributed by atoms with van der Waals surface area (Å²) in [4.78, 5) is 5.79. The number of rotatable bonds is 5. The molecule has 0 bridgehead atoms. The molecule has 1 N–H and O–H groups in total. The zero-order chi connectivity index (χ0) is 13.2. The maximum atomic E-state index is 11.5. The minimum absolute atomic E-state index is 0.124. The van der Waals surface area contributed by atoms with Crippen LogP contribution in [0.3, 0.4) is 0 Å². The first-order valence-corrected chi connectivity index (χ1v) is 9.03. The normalized spacial score (nSPS) is 22.4. The fourth-order valence-electron chi connectivity index (χ4n) is 2.16. The van der Waals surface area contributed by atoms with Crippen LogP contribution in [0.15, 0.2) is 0 Å². The average Bonchev–Trinajstić information content (AvgIpc) is 2.83. The van der Waals surface area contributed by atoms with Gasteiger partial charge in [-0.2, -0.15) is 0 Å². The third kappa shape index (κ3) is 3.30. The van der Waals surface area contributed by atoms with E-state index in [9.17, 15) is 8.42 Å². The van der Waals surface area contributed by atoms with Gasteiger partial charge < -0.3 is 5.32 Å². The van der Waals surface area contributed by atoms with E-state index in [0.29, 0.717) is 5.75 Å². The first-order chi connectivity index (χ1) is 8.52. The second-order valence-corrected chi connectivity index (χ2v) is 8.18. The molecule has 1 atom stereocenters. The molecular weight excluding hydrogens is 268 g/mol. The lowest BCUT2D eigenvalue weighted by atomic mass is 10.1. The summed E-state index contributed by atoms with van der Waals surface area (Å²) < 4.78 is 23.0. The van der Waals surface area contributed by atoms with Crippen molar-refractivity contribution in [3.05, 3.63) is 15.6 Å². The Morgan fingerprint density at radius 1 is 1.50 bits per heavy atom. The molecule has 0 radical (unpaired) electrons. The van der Waals surface area contributed by atoms with E-state index >= 15 is 0 Å². The van der Waals surface area contributed by atoms with Crippen LogP contribution in [0.5, 0.6) is 0 Å². The standard InChI is InChI=1S/C12H20N2O2S2/c1-3-5-13-7-11-9(2)14-12(17-11)10-4-6-18(15,16)8-10/h10,13H,3-8H2,1-2H3. The van der Waals surface area contributed by atoms with Crippen molar-refractivity contribution in [2.24, 2.45) is 0 Å². The molecule has 1 aliphatic rings. The molecule has 0 amide bonds. The van der Waals surface area contributed by atoms with Gasteiger partial charge in [0.2, 0.25) is 0 Å². The smallest absolute Gasteiger partial charge is 0.151 e. The predicted octanol–water partition coefficient (Wildman–Crippen LogP) is 1.85. The molecule has 1 aliphatic heterocycles. The molecule has 0 aliphatic carbocycles. The number of nitrogens with zero attached hydrogens (tertiary/aromatic N) is 1. The van der Waals surface area contributed by atoms with Crippen LogP contribution in [0.1, 0.15) is 41.3 Å². The van der Waals surface area contributed by atoms with Crippen LogP contribution in [0, 0.1) is 6.92 Å². The zero-order valence-electron chi connectivity index (χ0n) is 10.9. The van der Waals surface area contributed by atoms with Crippen LogP contribution in [-0.4, -0.2) is 31.5 Å². The van der Waals surface area contributed by atoms with Crippen molar-refractivity contribution in [2.75, 3.05) is 18.1 Å². The zero-order valence-corrected chi connectivity index (χ0v) is 12.5. The predicted molar refractivity (Wildman–Crippen MR) is 74.9 cm³/mol. The van der Waals surface area contributed by atoms with Gasteiger partial charge in [0.15, 0.2) is 9.84 Å². The monoisotopic (exact) mass is 288 g/mol. The van der Waals surface area contributed by atoms with E-state index in [1.165, 1.54) is 4.88 Å². The highest BCUT2D eigenvalue weighted by Gasteiger charge is 2.31. The Balaban J connectivity index is 2.05. The molecule has 4 nitrogen and oxygen atoms in total. The van der Waals surface area contributed by atoms with Gasteiger partial charge in [0.1, 0.15) is 0 Å². The Labute approximate surface area is 113 Å². The highest BCUT2D eigenvalue weighted by molar-refractivity contribution is 7.91. The molecule has 0 aromatic carbocycles. The summed E-state index contributed by atoms with van der Waals surface area (Å²) in [7, 11) is -2.82. The van der Waals surface area contributed by atoms with Crippen LogP contribution in [-0.2, 0) is 16.4 Å². The molecule has 0 saturated carbocycles. The lowest BCUT2D eigenvalue weighted by Gasteiger charge is -2.01. The van der Waals surface area contributed by atoms with Crippen molar-refractivity contribution in [1.29, 1.82) is 0 Å². The second-order valence-electron chi connectivity index (χ2n) is 4.84. The van der Waals surface area contributed by atoms with Crippen molar-refractivity contribution in [3.63, 3.8) is 0 Å². The average molecular weight is 288 g/mol. The minimum Gasteiger partial charge on any atom is -0.312 e. The fourth-order valence-corrected chi connectivity index (χ4v) is 5.18. The number of hydrogen-bond donors (Lipinski definition) is 1. The van der Waals surface area contributed by atoms with Crippen LogP contribution in [0.25, 0.3) is 0 Å². The van der Waals surface area contributed by atoms with Gasteiger partial charge in [-0.1, -0.05) is 6.92 Å². The summed E-state index contributed by atoms with van der Waals surface area (Å²) in [5, 5.41) is 4.37. The van der Waals surface area contributed by atoms with Gasteiger partial charge >= 0.3 is 0 Å². The van der Waals surface area contributed by atoms with E-state index in [4.69, 9.17) is 0 Å². The van der Waals surface area contributed by atoms with Crippen LogP contribution < -0.4 is 5.32 Å². The summed E-state index contributed by atoms with van der Waals surface area (Å²) in [6.07, 6.45) is 1.85. The molecule has 1 saturated heterocycles. The van der Waals surface area contributed by atoms with Crippen molar-refractivity contribution < 1.29 is 8.42 Å². The van der Waals surface area contributed by atoms with E-state index < -0.39 is 9.84 Å². The third-order valence-electron chi connectivity index (χ3n) is 3.20. The maximum absolute atomic E-state index is 11.5. The molecule has 0 spiro atoms. The van der Waals surface area contributed by atoms with Gasteiger partial charge in [0.25, 0.3) is 0 Å². The summed E-state index contributed by atoms with van der Waals surface area (Å²) in [5.41, 5.74) is 1.04. The molecule has 1 unspecified atom stereocenters. The summed E-state index contributed by atoms with van der Waals surface area (Å²) in [5.74, 6) is 0.722. The van der Waals surface area contributed by atoms with Crippen molar-refractivity contribution in [1.82, 2.24) is 10.3 Å². The molecule has 1 aromatic heterocycles. The van der Waals surface area contributed by atoms with E-state index in [1.54, 1.807) is 11.3 Å². The largest absolute Gasteiger partial charge is 0.312 e. The van der Waals surface area contributed by atoms with E-state index in [1.807, 2.05) is 6.92 Å². The first kappa shape index (κ1) is 14.0. The number of hydrogen-bond acceptors (Lipinski definition) is 5. The molecule has 1 aromatic rings. The van der Waals surface area contributed by atoms with Gasteiger partial charge in [0.05, 0.1) is 22.2 Å². The molecule has 2 heterocycles. The number of aryl methyl sites for hydroxylation is 1. The Kier molecular flexibility index (Phi) is 4.40. The molecule has 18 heavy (non-hydrogen) atoms. The Morgan fingerprint density at radius 3 is 2.89 bits per heavy atom. The van der Waals surface area contributed by atoms with Crippen LogP contribution >= 0.6 is 11.3 Å². The molecule has 2 rings (SSSR count). The van der Waals surface area contributed by atoms with Crippen LogP contribution in [0.2, 0.25) is 0 Å². The van der Waals surface area contributed by atoms with Gasteiger partial charge in [-0.3, -0.25) is 0 Å². The van der Waals surface area contributed by atoms with Crippen molar-refractivity contribution in [2.45, 2.75) is 39.2 Å². The summed E-state index contributed by atoms with van der Waals surface area (Å²) >= 11 is 1.67. The van der Waals surface area contributed by atoms with Crippen LogP contribution in [0.4, 0.5) is 0 Å². The minimum atomic E-state index is -2.82. The Bertz CT molecular complexity index is 508. The van der Waals surface area contributed by atoms with E-state index in [2.05, 4.69) is 17.2 Å². The molecule has 1 fully saturated rings. The SMILES string of the molecule is CCCNCc1sc(C2CCS(=O)(=O)C2)nc1C. The summed E-state index contributed by atoms with van der Waals surface area (Å²) in [6, 6.07) is 0. The molecule has 6 heteroatoms. The fraction of sp³-hybridized carbons (Fsp3) is 0.750. The Morgan fingerprint density at radius 2 is 2.28 bits per heavy atom. The lowest BCUT2D eigenvalue weighted by molar-refractivity contribution is 0.601. The van der Waals surface area contributed by atoms with E-state index in [0.717, 1.165) is 36.6 Å². The van der Waals surface area contributed by atoms with Gasteiger partial charge in [0, 0.05) is 17.3 Å². The number of nitrogens with one attached hydrogen (secondary N) is 1.